The Kier molecular flexibility index (Phi) is 8.76. The molecule has 1 atom stereocenters. The highest BCUT2D eigenvalue weighted by Gasteiger charge is 2.25. The van der Waals surface area contributed by atoms with Crippen LogP contribution in [0.15, 0.2) is 66.9 Å². The molecule has 0 saturated carbocycles. The van der Waals surface area contributed by atoms with E-state index in [1.807, 2.05) is 44.2 Å². The molecular formula is C31H32N4O5. The highest BCUT2D eigenvalue weighted by Crippen LogP contribution is 2.23. The molecule has 1 unspecified atom stereocenters. The lowest BCUT2D eigenvalue weighted by Gasteiger charge is -2.26. The molecule has 0 saturated heterocycles. The molecular weight excluding hydrogens is 508 g/mol. The fourth-order valence-electron chi connectivity index (χ4n) is 4.80. The molecule has 9 heteroatoms. The molecule has 0 aliphatic heterocycles. The fraction of sp³-hybridized carbons (Fsp3) is 0.226. The summed E-state index contributed by atoms with van der Waals surface area (Å²) in [5, 5.41) is 9.64. The molecule has 0 aliphatic rings. The quantitative estimate of drug-likeness (QED) is 0.241. The number of aryl methyl sites for hydroxylation is 2. The summed E-state index contributed by atoms with van der Waals surface area (Å²) in [5.41, 5.74) is 12.1. The van der Waals surface area contributed by atoms with Gasteiger partial charge in [-0.05, 0) is 72.4 Å². The molecule has 4 N–H and O–H groups in total. The van der Waals surface area contributed by atoms with Crippen molar-refractivity contribution in [3.63, 3.8) is 0 Å². The summed E-state index contributed by atoms with van der Waals surface area (Å²) >= 11 is 0. The lowest BCUT2D eigenvalue weighted by molar-refractivity contribution is -0.134. The summed E-state index contributed by atoms with van der Waals surface area (Å²) in [7, 11) is 1.41. The van der Waals surface area contributed by atoms with Gasteiger partial charge in [-0.15, -0.1) is 0 Å². The normalized spacial score (nSPS) is 11.6. The van der Waals surface area contributed by atoms with Gasteiger partial charge in [-0.1, -0.05) is 36.4 Å². The maximum absolute atomic E-state index is 13.8. The Morgan fingerprint density at radius 3 is 2.40 bits per heavy atom. The van der Waals surface area contributed by atoms with E-state index in [0.717, 1.165) is 34.2 Å². The monoisotopic (exact) mass is 540 g/mol. The highest BCUT2D eigenvalue weighted by molar-refractivity contribution is 5.91. The molecule has 1 aromatic heterocycles. The van der Waals surface area contributed by atoms with Crippen LogP contribution in [0.1, 0.15) is 48.8 Å². The molecule has 4 aromatic rings. The second-order valence-electron chi connectivity index (χ2n) is 9.71. The van der Waals surface area contributed by atoms with Crippen molar-refractivity contribution in [1.29, 1.82) is 0 Å². The van der Waals surface area contributed by atoms with Crippen molar-refractivity contribution < 1.29 is 24.2 Å². The number of hydrogen-bond donors (Lipinski definition) is 3. The van der Waals surface area contributed by atoms with Crippen LogP contribution in [0, 0.1) is 13.8 Å². The third kappa shape index (κ3) is 6.44. The number of nitrogens with one attached hydrogen (secondary N) is 1. The molecule has 4 rings (SSSR count). The van der Waals surface area contributed by atoms with Crippen LogP contribution in [-0.4, -0.2) is 51.3 Å². The lowest BCUT2D eigenvalue weighted by atomic mass is 9.94. The molecule has 206 valence electrons. The summed E-state index contributed by atoms with van der Waals surface area (Å²) in [6.07, 6.45) is 2.79. The number of nitrogens with zero attached hydrogens (tertiary/aromatic N) is 2. The van der Waals surface area contributed by atoms with E-state index < -0.39 is 12.0 Å². The van der Waals surface area contributed by atoms with Crippen LogP contribution in [0.3, 0.4) is 0 Å². The smallest absolute Gasteiger partial charge is 0.339 e. The molecule has 0 fully saturated rings. The van der Waals surface area contributed by atoms with Crippen molar-refractivity contribution in [2.24, 2.45) is 5.73 Å². The number of H-pyrrole nitrogens is 1. The average molecular weight is 541 g/mol. The zero-order chi connectivity index (χ0) is 28.8. The van der Waals surface area contributed by atoms with Gasteiger partial charge in [-0.2, -0.15) is 0 Å². The number of ether oxygens (including phenoxy) is 1. The number of aromatic carboxylic acids is 1. The van der Waals surface area contributed by atoms with Crippen LogP contribution in [0.5, 0.6) is 5.75 Å². The minimum Gasteiger partial charge on any atom is -0.496 e. The third-order valence-corrected chi connectivity index (χ3v) is 6.83. The van der Waals surface area contributed by atoms with Crippen LogP contribution in [-0.2, 0) is 24.3 Å². The molecule has 40 heavy (non-hydrogen) atoms. The number of aldehydes is 1. The van der Waals surface area contributed by atoms with Gasteiger partial charge in [-0.25, -0.2) is 9.78 Å². The first-order valence-electron chi connectivity index (χ1n) is 12.8. The number of aromatic nitrogens is 2. The van der Waals surface area contributed by atoms with Gasteiger partial charge in [0.2, 0.25) is 5.91 Å². The van der Waals surface area contributed by atoms with E-state index in [4.69, 9.17) is 10.5 Å². The standard InChI is InChI=1S/C31H32N4O5/c1-19-11-22(18-36)12-20(2)24(19)14-26(32)30(37)35(16-21-9-10-28(40-3)25(13-21)31(38)39)17-29-33-15-27(34-29)23-7-5-4-6-8-23/h4-13,15,18,26H,14,16-17,32H2,1-3H3,(H,33,34)(H,38,39). The molecule has 9 nitrogen and oxygen atoms in total. The van der Waals surface area contributed by atoms with Gasteiger partial charge < -0.3 is 25.5 Å². The molecule has 0 aliphatic carbocycles. The van der Waals surface area contributed by atoms with Crippen molar-refractivity contribution >= 4 is 18.2 Å². The summed E-state index contributed by atoms with van der Waals surface area (Å²) in [5.74, 6) is -0.650. The third-order valence-electron chi connectivity index (χ3n) is 6.83. The number of carboxylic acids is 1. The number of carbonyl (C=O) groups is 3. The number of carboxylic acid groups (broad SMARTS) is 1. The van der Waals surface area contributed by atoms with E-state index in [1.54, 1.807) is 35.4 Å². The second kappa shape index (κ2) is 12.4. The molecule has 3 aromatic carbocycles. The van der Waals surface area contributed by atoms with Crippen molar-refractivity contribution in [3.05, 3.63) is 106 Å². The number of imidazole rings is 1. The van der Waals surface area contributed by atoms with Crippen molar-refractivity contribution in [2.75, 3.05) is 7.11 Å². The lowest BCUT2D eigenvalue weighted by Crippen LogP contribution is -2.44. The van der Waals surface area contributed by atoms with E-state index in [0.29, 0.717) is 17.0 Å². The summed E-state index contributed by atoms with van der Waals surface area (Å²) < 4.78 is 5.18. The Hall–Kier alpha value is -4.76. The Morgan fingerprint density at radius 2 is 1.77 bits per heavy atom. The van der Waals surface area contributed by atoms with Crippen molar-refractivity contribution in [2.45, 2.75) is 39.4 Å². The van der Waals surface area contributed by atoms with Gasteiger partial charge in [0.1, 0.15) is 23.4 Å². The van der Waals surface area contributed by atoms with Crippen molar-refractivity contribution in [1.82, 2.24) is 14.9 Å². The topological polar surface area (TPSA) is 139 Å². The maximum atomic E-state index is 13.8. The van der Waals surface area contributed by atoms with Gasteiger partial charge >= 0.3 is 5.97 Å². The predicted molar refractivity (Wildman–Crippen MR) is 151 cm³/mol. The van der Waals surface area contributed by atoms with E-state index in [9.17, 15) is 19.5 Å². The number of benzene rings is 3. The Morgan fingerprint density at radius 1 is 1.07 bits per heavy atom. The van der Waals surface area contributed by atoms with Crippen LogP contribution < -0.4 is 10.5 Å². The zero-order valence-corrected chi connectivity index (χ0v) is 22.7. The van der Waals surface area contributed by atoms with E-state index >= 15 is 0 Å². The van der Waals surface area contributed by atoms with Crippen LogP contribution in [0.2, 0.25) is 0 Å². The number of carbonyl (C=O) groups excluding carboxylic acids is 2. The molecule has 1 heterocycles. The number of aromatic amines is 1. The maximum Gasteiger partial charge on any atom is 0.339 e. The van der Waals surface area contributed by atoms with Crippen LogP contribution >= 0.6 is 0 Å². The van der Waals surface area contributed by atoms with Crippen molar-refractivity contribution in [3.8, 4) is 17.0 Å². The van der Waals surface area contributed by atoms with Crippen LogP contribution in [0.4, 0.5) is 0 Å². The molecule has 1 amide bonds. The van der Waals surface area contributed by atoms with Gasteiger partial charge in [-0.3, -0.25) is 9.59 Å². The summed E-state index contributed by atoms with van der Waals surface area (Å²) in [4.78, 5) is 46.1. The fourth-order valence-corrected chi connectivity index (χ4v) is 4.80. The first-order chi connectivity index (χ1) is 19.2. The number of amides is 1. The number of nitrogens with two attached hydrogens (primary N) is 1. The summed E-state index contributed by atoms with van der Waals surface area (Å²) in [6, 6.07) is 17.2. The SMILES string of the molecule is COc1ccc(CN(Cc2ncc(-c3ccccc3)[nH]2)C(=O)C(N)Cc2c(C)cc(C=O)cc2C)cc1C(=O)O. The molecule has 0 spiro atoms. The minimum atomic E-state index is -1.13. The van der Waals surface area contributed by atoms with Gasteiger partial charge in [0.25, 0.3) is 0 Å². The predicted octanol–water partition coefficient (Wildman–Crippen LogP) is 4.31. The molecule has 0 bridgehead atoms. The van der Waals surface area contributed by atoms with Gasteiger partial charge in [0, 0.05) is 12.1 Å². The Bertz CT molecular complexity index is 1510. The van der Waals surface area contributed by atoms with E-state index in [1.165, 1.54) is 13.2 Å². The van der Waals surface area contributed by atoms with Crippen LogP contribution in [0.25, 0.3) is 11.3 Å². The number of rotatable bonds is 11. The number of hydrogen-bond acceptors (Lipinski definition) is 6. The molecule has 0 radical (unpaired) electrons. The largest absolute Gasteiger partial charge is 0.496 e. The second-order valence-corrected chi connectivity index (χ2v) is 9.71. The van der Waals surface area contributed by atoms with Gasteiger partial charge in [0.05, 0.1) is 31.6 Å². The summed E-state index contributed by atoms with van der Waals surface area (Å²) in [6.45, 7) is 4.03. The Labute approximate surface area is 232 Å². The number of methoxy groups -OCH3 is 1. The zero-order valence-electron chi connectivity index (χ0n) is 22.7. The first-order valence-corrected chi connectivity index (χ1v) is 12.8. The van der Waals surface area contributed by atoms with E-state index in [-0.39, 0.29) is 36.7 Å². The van der Waals surface area contributed by atoms with E-state index in [2.05, 4.69) is 9.97 Å². The highest BCUT2D eigenvalue weighted by atomic mass is 16.5. The van der Waals surface area contributed by atoms with Gasteiger partial charge in [0.15, 0.2) is 0 Å². The average Bonchev–Trinajstić information content (AvgIpc) is 3.43. The minimum absolute atomic E-state index is 0.00239. The first kappa shape index (κ1) is 28.3. The Balaban J connectivity index is 1.63.